The maximum Gasteiger partial charge on any atom is 0.508 e. The molecule has 0 radical (unpaired) electrons. The number of ether oxygens (including phenoxy) is 2. The van der Waals surface area contributed by atoms with Crippen LogP contribution in [0.5, 0.6) is 0 Å². The molecule has 9 heteroatoms. The fourth-order valence-electron chi connectivity index (χ4n) is 2.64. The summed E-state index contributed by atoms with van der Waals surface area (Å²) in [6, 6.07) is -0.396. The average molecular weight is 337 g/mol. The van der Waals surface area contributed by atoms with Crippen LogP contribution in [0.4, 0.5) is 4.79 Å². The zero-order valence-corrected chi connectivity index (χ0v) is 13.8. The minimum Gasteiger partial charge on any atom is -0.430 e. The molecule has 0 aromatic heterocycles. The van der Waals surface area contributed by atoms with Crippen molar-refractivity contribution in [1.82, 2.24) is 5.32 Å². The second-order valence-electron chi connectivity index (χ2n) is 6.35. The predicted octanol–water partition coefficient (Wildman–Crippen LogP) is 1.11. The molecule has 1 rings (SSSR count). The van der Waals surface area contributed by atoms with Crippen molar-refractivity contribution >= 4 is 22.2 Å². The predicted molar refractivity (Wildman–Crippen MR) is 77.9 cm³/mol. The summed E-state index contributed by atoms with van der Waals surface area (Å²) < 4.78 is 40.3. The summed E-state index contributed by atoms with van der Waals surface area (Å²) in [7, 11) is -4.08. The molecule has 2 atom stereocenters. The van der Waals surface area contributed by atoms with Crippen molar-refractivity contribution in [2.24, 2.45) is 5.41 Å². The Bertz CT molecular complexity index is 514. The number of rotatable bonds is 8. The lowest BCUT2D eigenvalue weighted by Gasteiger charge is -2.31. The van der Waals surface area contributed by atoms with Crippen LogP contribution in [0.25, 0.3) is 0 Å². The van der Waals surface area contributed by atoms with Crippen LogP contribution >= 0.6 is 0 Å². The fourth-order valence-corrected chi connectivity index (χ4v) is 3.22. The Morgan fingerprint density at radius 1 is 1.50 bits per heavy atom. The van der Waals surface area contributed by atoms with Gasteiger partial charge in [-0.2, -0.15) is 8.42 Å². The molecule has 2 unspecified atom stereocenters. The van der Waals surface area contributed by atoms with Gasteiger partial charge in [-0.05, 0) is 24.7 Å². The van der Waals surface area contributed by atoms with E-state index in [9.17, 15) is 18.0 Å². The molecule has 1 amide bonds. The van der Waals surface area contributed by atoms with E-state index in [-0.39, 0.29) is 30.5 Å². The highest BCUT2D eigenvalue weighted by Crippen LogP contribution is 2.31. The quantitative estimate of drug-likeness (QED) is 0.503. The summed E-state index contributed by atoms with van der Waals surface area (Å²) in [5, 5.41) is 2.69. The van der Waals surface area contributed by atoms with Gasteiger partial charge in [-0.25, -0.2) is 4.79 Å². The van der Waals surface area contributed by atoms with Crippen molar-refractivity contribution in [3.05, 3.63) is 0 Å². The second-order valence-corrected chi connectivity index (χ2v) is 7.92. The molecule has 1 aliphatic heterocycles. The van der Waals surface area contributed by atoms with Crippen LogP contribution in [0.1, 0.15) is 40.0 Å². The highest BCUT2D eigenvalue weighted by molar-refractivity contribution is 7.85. The summed E-state index contributed by atoms with van der Waals surface area (Å²) in [6.45, 7) is 5.40. The van der Waals surface area contributed by atoms with E-state index >= 15 is 0 Å². The Hall–Kier alpha value is -1.35. The molecule has 128 valence electrons. The number of hydrogen-bond acceptors (Lipinski definition) is 6. The van der Waals surface area contributed by atoms with Gasteiger partial charge in [0.25, 0.3) is 10.1 Å². The Kier molecular flexibility index (Phi) is 6.18. The van der Waals surface area contributed by atoms with Gasteiger partial charge in [-0.15, -0.1) is 0 Å². The smallest absolute Gasteiger partial charge is 0.430 e. The molecule has 0 saturated carbocycles. The van der Waals surface area contributed by atoms with Gasteiger partial charge >= 0.3 is 6.16 Å². The van der Waals surface area contributed by atoms with Crippen LogP contribution in [0, 0.1) is 5.41 Å². The minimum absolute atomic E-state index is 0.114. The van der Waals surface area contributed by atoms with Gasteiger partial charge in [0.1, 0.15) is 12.7 Å². The molecule has 1 heterocycles. The number of carbonyl (C=O) groups excluding carboxylic acids is 2. The van der Waals surface area contributed by atoms with Crippen LogP contribution in [0.15, 0.2) is 0 Å². The van der Waals surface area contributed by atoms with Crippen LogP contribution < -0.4 is 5.32 Å². The fraction of sp³-hybridized carbons (Fsp3) is 0.846. The van der Waals surface area contributed by atoms with Gasteiger partial charge in [0.05, 0.1) is 5.75 Å². The van der Waals surface area contributed by atoms with Gasteiger partial charge in [-0.1, -0.05) is 13.8 Å². The van der Waals surface area contributed by atoms with E-state index in [2.05, 4.69) is 5.32 Å². The first-order chi connectivity index (χ1) is 9.97. The van der Waals surface area contributed by atoms with Crippen molar-refractivity contribution in [2.75, 3.05) is 12.4 Å². The first kappa shape index (κ1) is 18.7. The van der Waals surface area contributed by atoms with E-state index in [4.69, 9.17) is 14.0 Å². The Morgan fingerprint density at radius 2 is 2.14 bits per heavy atom. The first-order valence-corrected chi connectivity index (χ1v) is 8.63. The zero-order chi connectivity index (χ0) is 17.0. The number of hydrogen-bond donors (Lipinski definition) is 2. The summed E-state index contributed by atoms with van der Waals surface area (Å²) >= 11 is 0. The van der Waals surface area contributed by atoms with Gasteiger partial charge < -0.3 is 14.8 Å². The van der Waals surface area contributed by atoms with Crippen molar-refractivity contribution in [1.29, 1.82) is 0 Å². The standard InChI is InChI=1S/C13H23NO7S/c1-9(15)14-10(4-5-22(17,18)19)6-13(2,3)7-11-8-20-12(16)21-11/h10-11H,4-8H2,1-3H3,(H,14,15)(H,17,18,19). The maximum absolute atomic E-state index is 11.2. The van der Waals surface area contributed by atoms with Gasteiger partial charge in [0.2, 0.25) is 5.91 Å². The number of nitrogens with one attached hydrogen (secondary N) is 1. The SMILES string of the molecule is CC(=O)NC(CCS(=O)(=O)O)CC(C)(C)CC1COC(=O)O1. The lowest BCUT2D eigenvalue weighted by molar-refractivity contribution is -0.119. The molecular weight excluding hydrogens is 314 g/mol. The van der Waals surface area contributed by atoms with E-state index < -0.39 is 28.1 Å². The zero-order valence-electron chi connectivity index (χ0n) is 13.0. The van der Waals surface area contributed by atoms with Crippen molar-refractivity contribution < 1.29 is 32.0 Å². The molecule has 0 aliphatic carbocycles. The third-order valence-electron chi connectivity index (χ3n) is 3.36. The summed E-state index contributed by atoms with van der Waals surface area (Å²) in [5.74, 6) is -0.693. The summed E-state index contributed by atoms with van der Waals surface area (Å²) in [4.78, 5) is 22.2. The first-order valence-electron chi connectivity index (χ1n) is 7.02. The van der Waals surface area contributed by atoms with Gasteiger partial charge in [0.15, 0.2) is 0 Å². The maximum atomic E-state index is 11.2. The lowest BCUT2D eigenvalue weighted by Crippen LogP contribution is -2.39. The van der Waals surface area contributed by atoms with Crippen molar-refractivity contribution in [3.8, 4) is 0 Å². The lowest BCUT2D eigenvalue weighted by atomic mass is 9.80. The molecule has 0 aromatic rings. The van der Waals surface area contributed by atoms with Crippen LogP contribution in [0.2, 0.25) is 0 Å². The Balaban J connectivity index is 2.61. The summed E-state index contributed by atoms with van der Waals surface area (Å²) in [5.41, 5.74) is -0.315. The molecule has 0 spiro atoms. The molecule has 2 N–H and O–H groups in total. The van der Waals surface area contributed by atoms with Gasteiger partial charge in [-0.3, -0.25) is 9.35 Å². The van der Waals surface area contributed by atoms with E-state index in [0.29, 0.717) is 12.8 Å². The number of amides is 1. The molecule has 0 bridgehead atoms. The molecule has 22 heavy (non-hydrogen) atoms. The summed E-state index contributed by atoms with van der Waals surface area (Å²) in [6.07, 6.45) is 0.0901. The van der Waals surface area contributed by atoms with E-state index in [0.717, 1.165) is 0 Å². The molecule has 1 saturated heterocycles. The molecule has 0 aromatic carbocycles. The largest absolute Gasteiger partial charge is 0.508 e. The number of carbonyl (C=O) groups is 2. The Labute approximate surface area is 130 Å². The van der Waals surface area contributed by atoms with E-state index in [1.165, 1.54) is 6.92 Å². The molecular formula is C13H23NO7S. The number of cyclic esters (lactones) is 2. The highest BCUT2D eigenvalue weighted by Gasteiger charge is 2.33. The second kappa shape index (κ2) is 7.28. The van der Waals surface area contributed by atoms with Gasteiger partial charge in [0, 0.05) is 13.0 Å². The van der Waals surface area contributed by atoms with Crippen LogP contribution in [0.3, 0.4) is 0 Å². The van der Waals surface area contributed by atoms with E-state index in [1.807, 2.05) is 13.8 Å². The third-order valence-corrected chi connectivity index (χ3v) is 4.11. The highest BCUT2D eigenvalue weighted by atomic mass is 32.2. The molecule has 8 nitrogen and oxygen atoms in total. The van der Waals surface area contributed by atoms with Crippen molar-refractivity contribution in [3.63, 3.8) is 0 Å². The van der Waals surface area contributed by atoms with Crippen molar-refractivity contribution in [2.45, 2.75) is 52.2 Å². The normalized spacial score (nSPS) is 20.2. The van der Waals surface area contributed by atoms with Crippen LogP contribution in [-0.2, 0) is 24.4 Å². The molecule has 1 aliphatic rings. The van der Waals surface area contributed by atoms with Crippen LogP contribution in [-0.4, -0.2) is 49.5 Å². The average Bonchev–Trinajstić information content (AvgIpc) is 2.68. The topological polar surface area (TPSA) is 119 Å². The Morgan fingerprint density at radius 3 is 2.59 bits per heavy atom. The molecule has 1 fully saturated rings. The minimum atomic E-state index is -4.08. The third kappa shape index (κ3) is 7.60. The monoisotopic (exact) mass is 337 g/mol. The van der Waals surface area contributed by atoms with E-state index in [1.54, 1.807) is 0 Å².